The van der Waals surface area contributed by atoms with Gasteiger partial charge >= 0.3 is 11.9 Å². The number of carboxylic acids is 2. The van der Waals surface area contributed by atoms with Crippen molar-refractivity contribution >= 4 is 42.7 Å². The van der Waals surface area contributed by atoms with Crippen molar-refractivity contribution < 1.29 is 29.3 Å². The van der Waals surface area contributed by atoms with Gasteiger partial charge in [0.2, 0.25) is 0 Å². The fourth-order valence-corrected chi connectivity index (χ4v) is 3.53. The van der Waals surface area contributed by atoms with Gasteiger partial charge in [0.1, 0.15) is 6.04 Å². The highest BCUT2D eigenvalue weighted by Crippen LogP contribution is 2.37. The van der Waals surface area contributed by atoms with E-state index in [1.54, 1.807) is 18.2 Å². The number of rotatable bonds is 9. The Bertz CT molecular complexity index is 639. The van der Waals surface area contributed by atoms with Crippen molar-refractivity contribution in [2.75, 3.05) is 6.16 Å². The highest BCUT2D eigenvalue weighted by atomic mass is 35.5. The summed E-state index contributed by atoms with van der Waals surface area (Å²) in [5.41, 5.74) is 0.674. The number of benzene rings is 1. The summed E-state index contributed by atoms with van der Waals surface area (Å²) < 4.78 is 12.1. The Balaban J connectivity index is 2.65. The fourth-order valence-electron chi connectivity index (χ4n) is 1.79. The summed E-state index contributed by atoms with van der Waals surface area (Å²) in [5, 5.41) is 20.4. The summed E-state index contributed by atoms with van der Waals surface area (Å²) in [7, 11) is -3.95. The van der Waals surface area contributed by atoms with Gasteiger partial charge in [0.05, 0.1) is 10.0 Å². The quantitative estimate of drug-likeness (QED) is 0.483. The monoisotopic (exact) mass is 383 g/mol. The molecule has 1 unspecified atom stereocenters. The number of carbonyl (C=O) groups is 2. The van der Waals surface area contributed by atoms with E-state index in [-0.39, 0.29) is 19.0 Å². The van der Waals surface area contributed by atoms with E-state index in [1.165, 1.54) is 0 Å². The van der Waals surface area contributed by atoms with E-state index in [9.17, 15) is 19.0 Å². The minimum atomic E-state index is -3.95. The number of hydrogen-bond acceptors (Lipinski definition) is 3. The molecule has 0 fully saturated rings. The molecule has 0 aromatic heterocycles. The summed E-state index contributed by atoms with van der Waals surface area (Å²) in [6.07, 6.45) is -0.747. The van der Waals surface area contributed by atoms with Gasteiger partial charge in [-0.05, 0) is 30.5 Å². The van der Waals surface area contributed by atoms with E-state index in [4.69, 9.17) is 33.4 Å². The zero-order chi connectivity index (χ0) is 17.6. The van der Waals surface area contributed by atoms with E-state index in [0.29, 0.717) is 15.6 Å². The molecule has 0 radical (unpaired) electrons. The summed E-state index contributed by atoms with van der Waals surface area (Å²) in [5.74, 6) is -2.56. The third-order valence-electron chi connectivity index (χ3n) is 2.99. The Morgan fingerprint density at radius 2 is 1.87 bits per heavy atom. The number of carboxylic acid groups (broad SMARTS) is 2. The van der Waals surface area contributed by atoms with Gasteiger partial charge in [-0.3, -0.25) is 14.2 Å². The summed E-state index contributed by atoms with van der Waals surface area (Å²) in [6, 6.07) is 3.36. The van der Waals surface area contributed by atoms with Crippen LogP contribution in [0.2, 0.25) is 10.0 Å². The number of nitrogens with one attached hydrogen (secondary N) is 1. The number of halogens is 2. The van der Waals surface area contributed by atoms with E-state index in [0.717, 1.165) is 0 Å². The maximum absolute atomic E-state index is 12.1. The van der Waals surface area contributed by atoms with E-state index in [1.807, 2.05) is 0 Å². The van der Waals surface area contributed by atoms with Crippen LogP contribution in [0.3, 0.4) is 0 Å². The van der Waals surface area contributed by atoms with Crippen LogP contribution in [0.4, 0.5) is 0 Å². The summed E-state index contributed by atoms with van der Waals surface area (Å²) in [4.78, 5) is 31.4. The molecule has 1 aromatic carbocycles. The average molecular weight is 384 g/mol. The third-order valence-corrected chi connectivity index (χ3v) is 5.27. The molecule has 4 N–H and O–H groups in total. The molecule has 0 aliphatic heterocycles. The molecule has 1 rings (SSSR count). The van der Waals surface area contributed by atoms with E-state index in [2.05, 4.69) is 5.09 Å². The molecule has 10 heteroatoms. The minimum Gasteiger partial charge on any atom is -0.481 e. The molecule has 0 amide bonds. The number of aryl methyl sites for hydroxylation is 1. The van der Waals surface area contributed by atoms with Crippen LogP contribution in [-0.2, 0) is 20.6 Å². The Morgan fingerprint density at radius 3 is 2.39 bits per heavy atom. The smallest absolute Gasteiger partial charge is 0.321 e. The van der Waals surface area contributed by atoms with Gasteiger partial charge in [-0.15, -0.1) is 0 Å². The average Bonchev–Trinajstić information content (AvgIpc) is 2.44. The standard InChI is InChI=1S/C13H16Cl2NO6P/c14-9-2-1-8(7-10(9)15)5-6-23(21,22)16-11(13(19)20)3-4-12(17)18/h1-2,7,11H,3-6H2,(H,17,18)(H,19,20)(H2,16,21,22)/t11-/m0/s1. The van der Waals surface area contributed by atoms with Gasteiger partial charge in [0, 0.05) is 12.6 Å². The van der Waals surface area contributed by atoms with Gasteiger partial charge in [0.15, 0.2) is 0 Å². The van der Waals surface area contributed by atoms with E-state index >= 15 is 0 Å². The minimum absolute atomic E-state index is 0.183. The van der Waals surface area contributed by atoms with Crippen LogP contribution in [0.1, 0.15) is 18.4 Å². The lowest BCUT2D eigenvalue weighted by Crippen LogP contribution is -2.35. The Labute approximate surface area is 142 Å². The second-order valence-electron chi connectivity index (χ2n) is 4.88. The van der Waals surface area contributed by atoms with Crippen molar-refractivity contribution in [1.29, 1.82) is 0 Å². The predicted molar refractivity (Wildman–Crippen MR) is 86.3 cm³/mol. The van der Waals surface area contributed by atoms with Crippen molar-refractivity contribution in [3.8, 4) is 0 Å². The van der Waals surface area contributed by atoms with Crippen LogP contribution in [0, 0.1) is 0 Å². The summed E-state index contributed by atoms with van der Waals surface area (Å²) >= 11 is 11.6. The van der Waals surface area contributed by atoms with Gasteiger partial charge < -0.3 is 15.1 Å². The first-order valence-electron chi connectivity index (χ1n) is 6.59. The fraction of sp³-hybridized carbons (Fsp3) is 0.385. The summed E-state index contributed by atoms with van der Waals surface area (Å²) in [6.45, 7) is 0. The molecule has 7 nitrogen and oxygen atoms in total. The van der Waals surface area contributed by atoms with Crippen molar-refractivity contribution in [3.63, 3.8) is 0 Å². The van der Waals surface area contributed by atoms with Crippen molar-refractivity contribution in [2.45, 2.75) is 25.3 Å². The van der Waals surface area contributed by atoms with E-state index < -0.39 is 31.9 Å². The van der Waals surface area contributed by atoms with Gasteiger partial charge in [-0.2, -0.15) is 0 Å². The molecular formula is C13H16Cl2NO6P. The molecule has 0 saturated carbocycles. The molecule has 2 atom stereocenters. The molecule has 0 spiro atoms. The predicted octanol–water partition coefficient (Wildman–Crippen LogP) is 2.63. The maximum atomic E-state index is 12.1. The van der Waals surface area contributed by atoms with Gasteiger partial charge in [-0.1, -0.05) is 29.3 Å². The van der Waals surface area contributed by atoms with Crippen molar-refractivity contribution in [3.05, 3.63) is 33.8 Å². The lowest BCUT2D eigenvalue weighted by Gasteiger charge is -2.19. The normalized spacial score (nSPS) is 14.9. The van der Waals surface area contributed by atoms with Crippen molar-refractivity contribution in [1.82, 2.24) is 5.09 Å². The Kier molecular flexibility index (Phi) is 7.51. The van der Waals surface area contributed by atoms with Crippen LogP contribution in [0.5, 0.6) is 0 Å². The lowest BCUT2D eigenvalue weighted by atomic mass is 10.2. The highest BCUT2D eigenvalue weighted by Gasteiger charge is 2.27. The first kappa shape index (κ1) is 19.9. The topological polar surface area (TPSA) is 124 Å². The number of hydrogen-bond donors (Lipinski definition) is 4. The second kappa shape index (κ2) is 8.66. The van der Waals surface area contributed by atoms with Crippen LogP contribution in [0.15, 0.2) is 18.2 Å². The van der Waals surface area contributed by atoms with Gasteiger partial charge in [0.25, 0.3) is 7.52 Å². The molecule has 0 bridgehead atoms. The third kappa shape index (κ3) is 7.33. The zero-order valence-electron chi connectivity index (χ0n) is 11.9. The van der Waals surface area contributed by atoms with Crippen molar-refractivity contribution in [2.24, 2.45) is 0 Å². The molecule has 23 heavy (non-hydrogen) atoms. The molecule has 0 aliphatic carbocycles. The second-order valence-corrected chi connectivity index (χ2v) is 7.80. The molecule has 1 aromatic rings. The largest absolute Gasteiger partial charge is 0.481 e. The van der Waals surface area contributed by atoms with Crippen LogP contribution >= 0.6 is 30.7 Å². The Hall–Kier alpha value is -1.11. The maximum Gasteiger partial charge on any atom is 0.321 e. The van der Waals surface area contributed by atoms with Gasteiger partial charge in [-0.25, -0.2) is 5.09 Å². The SMILES string of the molecule is O=C(O)CC[C@H](NP(=O)(O)CCc1ccc(Cl)c(Cl)c1)C(=O)O. The molecule has 0 aliphatic rings. The zero-order valence-corrected chi connectivity index (χ0v) is 14.3. The Morgan fingerprint density at radius 1 is 1.22 bits per heavy atom. The highest BCUT2D eigenvalue weighted by molar-refractivity contribution is 7.55. The first-order chi connectivity index (χ1) is 10.6. The molecule has 0 heterocycles. The lowest BCUT2D eigenvalue weighted by molar-refractivity contribution is -0.140. The van der Waals surface area contributed by atoms with Crippen LogP contribution < -0.4 is 5.09 Å². The molecule has 0 saturated heterocycles. The first-order valence-corrected chi connectivity index (χ1v) is 9.19. The molecule has 128 valence electrons. The van der Waals surface area contributed by atoms with Crippen LogP contribution in [-0.4, -0.2) is 39.2 Å². The molecular weight excluding hydrogens is 368 g/mol. The number of aliphatic carboxylic acids is 2. The van der Waals surface area contributed by atoms with Crippen LogP contribution in [0.25, 0.3) is 0 Å².